The van der Waals surface area contributed by atoms with Crippen molar-refractivity contribution in [2.75, 3.05) is 13.2 Å². The summed E-state index contributed by atoms with van der Waals surface area (Å²) in [5.74, 6) is 1.64. The maximum atomic E-state index is 6.15. The zero-order chi connectivity index (χ0) is 13.2. The van der Waals surface area contributed by atoms with Crippen molar-refractivity contribution < 1.29 is 4.74 Å². The van der Waals surface area contributed by atoms with Crippen LogP contribution in [0.1, 0.15) is 59.8 Å². The summed E-state index contributed by atoms with van der Waals surface area (Å²) in [4.78, 5) is 0. The van der Waals surface area contributed by atoms with Gasteiger partial charge in [0.1, 0.15) is 0 Å². The summed E-state index contributed by atoms with van der Waals surface area (Å²) in [6.45, 7) is 11.4. The van der Waals surface area contributed by atoms with Gasteiger partial charge in [0.2, 0.25) is 0 Å². The second-order valence-corrected chi connectivity index (χ2v) is 6.84. The molecule has 106 valence electrons. The molecule has 1 saturated carbocycles. The number of nitrogens with one attached hydrogen (secondary N) is 1. The molecule has 0 aromatic heterocycles. The van der Waals surface area contributed by atoms with Gasteiger partial charge in [-0.25, -0.2) is 0 Å². The molecular weight excluding hydrogens is 222 g/mol. The fraction of sp³-hybridized carbons (Fsp3) is 1.00. The summed E-state index contributed by atoms with van der Waals surface area (Å²) in [6, 6.07) is 0.580. The maximum absolute atomic E-state index is 6.15. The fourth-order valence-corrected chi connectivity index (χ4v) is 3.69. The van der Waals surface area contributed by atoms with Gasteiger partial charge in [0.15, 0.2) is 0 Å². The number of rotatable bonds is 7. The first-order valence-electron chi connectivity index (χ1n) is 7.95. The SMILES string of the molecule is CCCC(C)C1(CNC(C)C)CCOC1C1CC1. The molecule has 1 aliphatic heterocycles. The van der Waals surface area contributed by atoms with Gasteiger partial charge in [0.05, 0.1) is 6.10 Å². The minimum Gasteiger partial charge on any atom is -0.377 e. The monoisotopic (exact) mass is 253 g/mol. The van der Waals surface area contributed by atoms with Gasteiger partial charge in [0.25, 0.3) is 0 Å². The molecule has 2 nitrogen and oxygen atoms in total. The molecule has 2 aliphatic rings. The highest BCUT2D eigenvalue weighted by molar-refractivity contribution is 5.03. The van der Waals surface area contributed by atoms with Crippen LogP contribution >= 0.6 is 0 Å². The average Bonchev–Trinajstić information content (AvgIpc) is 3.07. The van der Waals surface area contributed by atoms with E-state index in [0.717, 1.165) is 25.0 Å². The minimum absolute atomic E-state index is 0.404. The molecule has 2 rings (SSSR count). The molecular formula is C16H31NO. The molecule has 1 N–H and O–H groups in total. The Hall–Kier alpha value is -0.0800. The van der Waals surface area contributed by atoms with Crippen molar-refractivity contribution in [1.82, 2.24) is 5.32 Å². The lowest BCUT2D eigenvalue weighted by Gasteiger charge is -2.40. The van der Waals surface area contributed by atoms with Crippen LogP contribution in [0.2, 0.25) is 0 Å². The van der Waals surface area contributed by atoms with E-state index in [1.807, 2.05) is 0 Å². The minimum atomic E-state index is 0.404. The molecule has 0 aromatic rings. The Morgan fingerprint density at radius 1 is 1.28 bits per heavy atom. The number of hydrogen-bond acceptors (Lipinski definition) is 2. The second-order valence-electron chi connectivity index (χ2n) is 6.84. The van der Waals surface area contributed by atoms with Crippen LogP contribution < -0.4 is 5.32 Å². The topological polar surface area (TPSA) is 21.3 Å². The van der Waals surface area contributed by atoms with Crippen LogP contribution in [0.25, 0.3) is 0 Å². The third-order valence-corrected chi connectivity index (χ3v) is 5.02. The van der Waals surface area contributed by atoms with Crippen molar-refractivity contribution >= 4 is 0 Å². The van der Waals surface area contributed by atoms with Crippen molar-refractivity contribution in [2.24, 2.45) is 17.3 Å². The van der Waals surface area contributed by atoms with Crippen LogP contribution in [-0.4, -0.2) is 25.3 Å². The molecule has 0 amide bonds. The highest BCUT2D eigenvalue weighted by Gasteiger charge is 2.52. The summed E-state index contributed by atoms with van der Waals surface area (Å²) in [5.41, 5.74) is 0.404. The highest BCUT2D eigenvalue weighted by Crippen LogP contribution is 2.52. The van der Waals surface area contributed by atoms with Gasteiger partial charge >= 0.3 is 0 Å². The van der Waals surface area contributed by atoms with Crippen molar-refractivity contribution in [3.63, 3.8) is 0 Å². The van der Waals surface area contributed by atoms with Gasteiger partial charge in [-0.1, -0.05) is 40.5 Å². The van der Waals surface area contributed by atoms with E-state index in [1.165, 1.54) is 32.1 Å². The Morgan fingerprint density at radius 2 is 2.00 bits per heavy atom. The Labute approximate surface area is 113 Å². The molecule has 2 heteroatoms. The van der Waals surface area contributed by atoms with Crippen LogP contribution in [0.3, 0.4) is 0 Å². The summed E-state index contributed by atoms with van der Waals surface area (Å²) in [7, 11) is 0. The van der Waals surface area contributed by atoms with Crippen molar-refractivity contribution in [2.45, 2.75) is 71.9 Å². The van der Waals surface area contributed by atoms with E-state index in [1.54, 1.807) is 0 Å². The Balaban J connectivity index is 2.09. The van der Waals surface area contributed by atoms with E-state index >= 15 is 0 Å². The Morgan fingerprint density at radius 3 is 2.56 bits per heavy atom. The van der Waals surface area contributed by atoms with Crippen LogP contribution in [0.15, 0.2) is 0 Å². The van der Waals surface area contributed by atoms with Crippen LogP contribution in [0.5, 0.6) is 0 Å². The summed E-state index contributed by atoms with van der Waals surface area (Å²) < 4.78 is 6.15. The van der Waals surface area contributed by atoms with Crippen LogP contribution in [0, 0.1) is 17.3 Å². The largest absolute Gasteiger partial charge is 0.377 e. The molecule has 3 unspecified atom stereocenters. The van der Waals surface area contributed by atoms with E-state index in [2.05, 4.69) is 33.0 Å². The average molecular weight is 253 g/mol. The molecule has 0 aromatic carbocycles. The molecule has 0 spiro atoms. The third kappa shape index (κ3) is 2.91. The van der Waals surface area contributed by atoms with Gasteiger partial charge in [-0.05, 0) is 31.1 Å². The highest BCUT2D eigenvalue weighted by atomic mass is 16.5. The van der Waals surface area contributed by atoms with E-state index in [9.17, 15) is 0 Å². The quantitative estimate of drug-likeness (QED) is 0.748. The molecule has 0 bridgehead atoms. The lowest BCUT2D eigenvalue weighted by molar-refractivity contribution is 0.000198. The molecule has 1 aliphatic carbocycles. The lowest BCUT2D eigenvalue weighted by atomic mass is 9.68. The van der Waals surface area contributed by atoms with Gasteiger partial charge < -0.3 is 10.1 Å². The molecule has 2 fully saturated rings. The van der Waals surface area contributed by atoms with E-state index < -0.39 is 0 Å². The van der Waals surface area contributed by atoms with E-state index in [0.29, 0.717) is 17.6 Å². The fourth-order valence-electron chi connectivity index (χ4n) is 3.69. The van der Waals surface area contributed by atoms with E-state index in [4.69, 9.17) is 4.74 Å². The summed E-state index contributed by atoms with van der Waals surface area (Å²) in [5, 5.41) is 3.70. The first kappa shape index (κ1) is 14.3. The molecule has 3 atom stereocenters. The van der Waals surface area contributed by atoms with Gasteiger partial charge in [-0.2, -0.15) is 0 Å². The first-order chi connectivity index (χ1) is 8.60. The van der Waals surface area contributed by atoms with E-state index in [-0.39, 0.29) is 0 Å². The summed E-state index contributed by atoms with van der Waals surface area (Å²) >= 11 is 0. The third-order valence-electron chi connectivity index (χ3n) is 5.02. The molecule has 18 heavy (non-hydrogen) atoms. The smallest absolute Gasteiger partial charge is 0.0674 e. The van der Waals surface area contributed by atoms with Gasteiger partial charge in [0, 0.05) is 24.6 Å². The van der Waals surface area contributed by atoms with Crippen molar-refractivity contribution in [3.8, 4) is 0 Å². The van der Waals surface area contributed by atoms with Crippen LogP contribution in [0.4, 0.5) is 0 Å². The lowest BCUT2D eigenvalue weighted by Crippen LogP contribution is -2.48. The van der Waals surface area contributed by atoms with Crippen molar-refractivity contribution in [1.29, 1.82) is 0 Å². The zero-order valence-electron chi connectivity index (χ0n) is 12.7. The predicted molar refractivity (Wildman–Crippen MR) is 76.7 cm³/mol. The second kappa shape index (κ2) is 5.92. The number of ether oxygens (including phenoxy) is 1. The maximum Gasteiger partial charge on any atom is 0.0674 e. The first-order valence-corrected chi connectivity index (χ1v) is 7.95. The standard InChI is InChI=1S/C16H31NO/c1-5-6-13(4)16(11-17-12(2)3)9-10-18-15(16)14-7-8-14/h12-15,17H,5-11H2,1-4H3. The van der Waals surface area contributed by atoms with Crippen molar-refractivity contribution in [3.05, 3.63) is 0 Å². The summed E-state index contributed by atoms with van der Waals surface area (Å²) in [6.07, 6.45) is 7.22. The number of hydrogen-bond donors (Lipinski definition) is 1. The Bertz CT molecular complexity index is 262. The van der Waals surface area contributed by atoms with Gasteiger partial charge in [-0.3, -0.25) is 0 Å². The van der Waals surface area contributed by atoms with Gasteiger partial charge in [-0.15, -0.1) is 0 Å². The zero-order valence-corrected chi connectivity index (χ0v) is 12.7. The molecule has 0 radical (unpaired) electrons. The normalized spacial score (nSPS) is 34.2. The predicted octanol–water partition coefficient (Wildman–Crippen LogP) is 3.61. The molecule has 1 saturated heterocycles. The molecule has 1 heterocycles. The Kier molecular flexibility index (Phi) is 4.71. The van der Waals surface area contributed by atoms with Crippen LogP contribution in [-0.2, 0) is 4.74 Å².